The Hall–Kier alpha value is 0.924. The molecule has 0 saturated heterocycles. The van der Waals surface area contributed by atoms with Gasteiger partial charge in [0.25, 0.3) is 0 Å². The molecular weight excluding hydrogens is 285 g/mol. The molecule has 0 saturated carbocycles. The first kappa shape index (κ1) is 14.4. The van der Waals surface area contributed by atoms with Crippen LogP contribution >= 0.6 is 15.9 Å². The summed E-state index contributed by atoms with van der Waals surface area (Å²) in [6, 6.07) is 0. The summed E-state index contributed by atoms with van der Waals surface area (Å²) in [4.78, 5) is 10.6. The van der Waals surface area contributed by atoms with Crippen molar-refractivity contribution in [1.82, 2.24) is 0 Å². The Morgan fingerprint density at radius 1 is 1.82 bits per heavy atom. The summed E-state index contributed by atoms with van der Waals surface area (Å²) in [7, 11) is 1.37. The van der Waals surface area contributed by atoms with Gasteiger partial charge in [0, 0.05) is 32.7 Å². The Morgan fingerprint density at radius 2 is 2.36 bits per heavy atom. The Bertz CT molecular complexity index is 105. The second kappa shape index (κ2) is 9.02. The van der Waals surface area contributed by atoms with Gasteiger partial charge in [-0.25, -0.2) is 6.42 Å². The molecule has 0 aromatic carbocycles. The summed E-state index contributed by atoms with van der Waals surface area (Å²) in [6.07, 6.45) is 2.24. The Labute approximate surface area is 101 Å². The van der Waals surface area contributed by atoms with Crippen molar-refractivity contribution in [3.8, 4) is 0 Å². The van der Waals surface area contributed by atoms with E-state index in [2.05, 4.69) is 27.6 Å². The van der Waals surface area contributed by atoms with Gasteiger partial charge in [0.15, 0.2) is 5.97 Å². The van der Waals surface area contributed by atoms with E-state index in [1.165, 1.54) is 13.5 Å². The molecule has 0 bridgehead atoms. The topological polar surface area (TPSA) is 26.3 Å². The molecule has 0 spiro atoms. The molecule has 63 valence electrons. The summed E-state index contributed by atoms with van der Waals surface area (Å²) in [5.41, 5.74) is 0. The van der Waals surface area contributed by atoms with Gasteiger partial charge in [0.2, 0.25) is 0 Å². The van der Waals surface area contributed by atoms with Gasteiger partial charge in [-0.15, -0.1) is 0 Å². The first-order valence-corrected chi connectivity index (χ1v) is 4.14. The first-order valence-electron chi connectivity index (χ1n) is 3.02. The van der Waals surface area contributed by atoms with Crippen molar-refractivity contribution in [2.24, 2.45) is 5.92 Å². The molecule has 0 N–H and O–H groups in total. The van der Waals surface area contributed by atoms with Crippen molar-refractivity contribution in [2.45, 2.75) is 6.42 Å². The third-order valence-corrected chi connectivity index (χ3v) is 1.97. The molecule has 11 heavy (non-hydrogen) atoms. The van der Waals surface area contributed by atoms with Crippen molar-refractivity contribution in [2.75, 3.05) is 12.4 Å². The minimum atomic E-state index is -0.284. The number of hydrogen-bond donors (Lipinski definition) is 0. The van der Waals surface area contributed by atoms with Crippen LogP contribution in [-0.2, 0) is 42.2 Å². The number of carbonyl (C=O) groups excluding carboxylic acids is 1. The smallest absolute Gasteiger partial charge is 0.166 e. The largest absolute Gasteiger partial charge is 0.491 e. The number of alkyl halides is 1. The molecule has 1 unspecified atom stereocenters. The zero-order chi connectivity index (χ0) is 7.98. The zero-order valence-electron chi connectivity index (χ0n) is 6.55. The van der Waals surface area contributed by atoms with Crippen LogP contribution in [0.4, 0.5) is 0 Å². The van der Waals surface area contributed by atoms with E-state index >= 15 is 0 Å². The summed E-state index contributed by atoms with van der Waals surface area (Å²) in [6.45, 7) is 3.68. The van der Waals surface area contributed by atoms with E-state index in [4.69, 9.17) is 0 Å². The molecule has 0 aliphatic heterocycles. The molecule has 0 aromatic rings. The predicted octanol–water partition coefficient (Wildman–Crippen LogP) is 1.60. The van der Waals surface area contributed by atoms with Gasteiger partial charge in [-0.05, 0) is 5.33 Å². The van der Waals surface area contributed by atoms with E-state index in [0.29, 0.717) is 6.42 Å². The molecule has 0 aliphatic carbocycles. The number of halogens is 1. The van der Waals surface area contributed by atoms with Crippen LogP contribution in [-0.4, -0.2) is 18.4 Å². The number of rotatable bonds is 4. The molecule has 0 fully saturated rings. The van der Waals surface area contributed by atoms with Crippen molar-refractivity contribution in [3.05, 3.63) is 13.3 Å². The average Bonchev–Trinajstić information content (AvgIpc) is 1.99. The maximum atomic E-state index is 10.6. The molecule has 0 aromatic heterocycles. The predicted molar refractivity (Wildman–Crippen MR) is 43.6 cm³/mol. The minimum Gasteiger partial charge on any atom is -0.491 e. The molecule has 1 atom stereocenters. The van der Waals surface area contributed by atoms with E-state index in [1.54, 1.807) is 0 Å². The van der Waals surface area contributed by atoms with E-state index in [9.17, 15) is 4.79 Å². The monoisotopic (exact) mass is 295 g/mol. The quantitative estimate of drug-likeness (QED) is 0.447. The minimum absolute atomic E-state index is 0. The fourth-order valence-electron chi connectivity index (χ4n) is 0.466. The van der Waals surface area contributed by atoms with Gasteiger partial charge in [-0.3, -0.25) is 11.2 Å². The van der Waals surface area contributed by atoms with E-state index < -0.39 is 0 Å². The molecular formula is C7H11BrO2Y-2. The maximum Gasteiger partial charge on any atom is 0.166 e. The third-order valence-electron chi connectivity index (χ3n) is 1.14. The summed E-state index contributed by atoms with van der Waals surface area (Å²) in [5.74, 6) is -0.0967. The average molecular weight is 296 g/mol. The number of hydrogen-bond acceptors (Lipinski definition) is 2. The van der Waals surface area contributed by atoms with Crippen LogP contribution in [0.15, 0.2) is 0 Å². The molecule has 0 aliphatic rings. The van der Waals surface area contributed by atoms with Crippen molar-refractivity contribution < 1.29 is 42.2 Å². The maximum absolute atomic E-state index is 10.6. The standard InChI is InChI=1S/C7H11BrO2.Y/c1-3-6(5-8)4-7(9)10-2;/h4,6H,1,3,5H2,2H3;/q-2;. The van der Waals surface area contributed by atoms with Gasteiger partial charge in [-0.2, -0.15) is 5.92 Å². The van der Waals surface area contributed by atoms with Gasteiger partial charge >= 0.3 is 0 Å². The summed E-state index contributed by atoms with van der Waals surface area (Å²) in [5, 5.41) is 0.756. The van der Waals surface area contributed by atoms with E-state index in [1.807, 2.05) is 0 Å². The van der Waals surface area contributed by atoms with Crippen LogP contribution in [0.5, 0.6) is 0 Å². The fourth-order valence-corrected chi connectivity index (χ4v) is 0.976. The van der Waals surface area contributed by atoms with Crippen LogP contribution < -0.4 is 0 Å². The van der Waals surface area contributed by atoms with Gasteiger partial charge in [-0.1, -0.05) is 15.9 Å². The second-order valence-corrected chi connectivity index (χ2v) is 2.54. The molecule has 0 amide bonds. The molecule has 0 rings (SSSR count). The second-order valence-electron chi connectivity index (χ2n) is 1.89. The summed E-state index contributed by atoms with van der Waals surface area (Å²) < 4.78 is 4.44. The van der Waals surface area contributed by atoms with Crippen LogP contribution in [0.25, 0.3) is 0 Å². The van der Waals surface area contributed by atoms with Crippen LogP contribution in [0.3, 0.4) is 0 Å². The Morgan fingerprint density at radius 3 is 2.64 bits per heavy atom. The summed E-state index contributed by atoms with van der Waals surface area (Å²) >= 11 is 3.25. The normalized spacial score (nSPS) is 11.2. The van der Waals surface area contributed by atoms with Crippen LogP contribution in [0.2, 0.25) is 0 Å². The Balaban J connectivity index is 0. The Kier molecular flexibility index (Phi) is 11.8. The fraction of sp³-hybridized carbons (Fsp3) is 0.571. The number of ether oxygens (including phenoxy) is 1. The van der Waals surface area contributed by atoms with Crippen LogP contribution in [0, 0.1) is 19.3 Å². The first-order chi connectivity index (χ1) is 4.74. The number of methoxy groups -OCH3 is 1. The van der Waals surface area contributed by atoms with Gasteiger partial charge in [0.05, 0.1) is 7.11 Å². The zero-order valence-corrected chi connectivity index (χ0v) is 11.0. The van der Waals surface area contributed by atoms with Crippen LogP contribution in [0.1, 0.15) is 6.42 Å². The van der Waals surface area contributed by atoms with Crippen molar-refractivity contribution in [3.63, 3.8) is 0 Å². The van der Waals surface area contributed by atoms with Crippen molar-refractivity contribution in [1.29, 1.82) is 0 Å². The van der Waals surface area contributed by atoms with E-state index in [0.717, 1.165) is 5.33 Å². The molecule has 1 radical (unpaired) electrons. The van der Waals surface area contributed by atoms with Gasteiger partial charge in [0.1, 0.15) is 0 Å². The third kappa shape index (κ3) is 7.29. The number of esters is 1. The molecule has 4 heteroatoms. The molecule has 2 nitrogen and oxygen atoms in total. The van der Waals surface area contributed by atoms with E-state index in [-0.39, 0.29) is 44.6 Å². The SMILES string of the molecule is [CH2-]CC([CH-]C(=O)OC)CBr.[Y]. The van der Waals surface area contributed by atoms with Crippen molar-refractivity contribution >= 4 is 21.9 Å². The van der Waals surface area contributed by atoms with Gasteiger partial charge < -0.3 is 11.7 Å². The molecule has 0 heterocycles. The number of carbonyl (C=O) groups is 1.